The number of carbonyl (C=O) groups is 1. The van der Waals surface area contributed by atoms with Crippen LogP contribution in [0.5, 0.6) is 0 Å². The van der Waals surface area contributed by atoms with Gasteiger partial charge in [-0.05, 0) is 43.4 Å². The molecule has 1 aliphatic carbocycles. The minimum atomic E-state index is -0.603. The van der Waals surface area contributed by atoms with Crippen LogP contribution >= 0.6 is 15.9 Å². The van der Waals surface area contributed by atoms with Gasteiger partial charge in [-0.1, -0.05) is 40.9 Å². The van der Waals surface area contributed by atoms with Gasteiger partial charge in [-0.3, -0.25) is 9.69 Å². The van der Waals surface area contributed by atoms with E-state index in [0.29, 0.717) is 0 Å². The number of halogens is 1. The number of nitrogens with zero attached hydrogens (tertiary/aromatic N) is 1. The van der Waals surface area contributed by atoms with Crippen LogP contribution in [0.3, 0.4) is 0 Å². The average Bonchev–Trinajstić information content (AvgIpc) is 3.00. The quantitative estimate of drug-likeness (QED) is 0.845. The average molecular weight is 380 g/mol. The zero-order valence-corrected chi connectivity index (χ0v) is 15.1. The Kier molecular flexibility index (Phi) is 5.39. The molecular weight excluding hydrogens is 354 g/mol. The summed E-state index contributed by atoms with van der Waals surface area (Å²) in [6.07, 6.45) is 5.85. The summed E-state index contributed by atoms with van der Waals surface area (Å²) in [4.78, 5) is 14.8. The van der Waals surface area contributed by atoms with Gasteiger partial charge in [-0.2, -0.15) is 0 Å². The van der Waals surface area contributed by atoms with Gasteiger partial charge in [0.15, 0.2) is 0 Å². The van der Waals surface area contributed by atoms with Crippen LogP contribution < -0.4 is 11.1 Å². The van der Waals surface area contributed by atoms with Crippen LogP contribution in [0.1, 0.15) is 44.1 Å². The molecule has 1 saturated heterocycles. The Hall–Kier alpha value is -0.910. The second kappa shape index (κ2) is 7.32. The maximum absolute atomic E-state index is 12.4. The first-order chi connectivity index (χ1) is 11.0. The highest BCUT2D eigenvalue weighted by Gasteiger charge is 2.38. The normalized spacial score (nSPS) is 22.2. The van der Waals surface area contributed by atoms with Gasteiger partial charge in [-0.15, -0.1) is 0 Å². The van der Waals surface area contributed by atoms with E-state index in [9.17, 15) is 4.79 Å². The standard InChI is InChI=1S/C18H26BrN3O/c19-15-5-3-14(4-6-15)13-22-11-7-16(8-12-22)21-17(23)18(20)9-1-2-10-18/h3-6,16H,1-2,7-13,20H2,(H,21,23). The molecule has 4 nitrogen and oxygen atoms in total. The summed E-state index contributed by atoms with van der Waals surface area (Å²) in [6.45, 7) is 3.03. The number of likely N-dealkylation sites (tertiary alicyclic amines) is 1. The lowest BCUT2D eigenvalue weighted by molar-refractivity contribution is -0.127. The number of amides is 1. The molecule has 5 heteroatoms. The van der Waals surface area contributed by atoms with E-state index in [1.165, 1.54) is 5.56 Å². The number of hydrogen-bond acceptors (Lipinski definition) is 3. The fourth-order valence-corrected chi connectivity index (χ4v) is 3.91. The number of nitrogens with two attached hydrogens (primary N) is 1. The molecule has 126 valence electrons. The van der Waals surface area contributed by atoms with E-state index in [-0.39, 0.29) is 11.9 Å². The van der Waals surface area contributed by atoms with Crippen molar-refractivity contribution in [2.75, 3.05) is 13.1 Å². The maximum Gasteiger partial charge on any atom is 0.240 e. The Balaban J connectivity index is 1.45. The van der Waals surface area contributed by atoms with Crippen molar-refractivity contribution in [3.63, 3.8) is 0 Å². The molecule has 0 radical (unpaired) electrons. The Labute approximate surface area is 146 Å². The number of carbonyl (C=O) groups excluding carboxylic acids is 1. The molecule has 0 bridgehead atoms. The lowest BCUT2D eigenvalue weighted by Gasteiger charge is -2.34. The second-order valence-electron chi connectivity index (χ2n) is 7.01. The maximum atomic E-state index is 12.4. The number of piperidine rings is 1. The third-order valence-corrected chi connectivity index (χ3v) is 5.72. The van der Waals surface area contributed by atoms with Crippen molar-refractivity contribution in [1.82, 2.24) is 10.2 Å². The summed E-state index contributed by atoms with van der Waals surface area (Å²) in [7, 11) is 0. The molecule has 2 aliphatic rings. The van der Waals surface area contributed by atoms with Crippen LogP contribution in [-0.2, 0) is 11.3 Å². The molecule has 1 aromatic rings. The summed E-state index contributed by atoms with van der Waals surface area (Å²) in [6, 6.07) is 8.78. The van der Waals surface area contributed by atoms with Crippen LogP contribution in [0, 0.1) is 0 Å². The van der Waals surface area contributed by atoms with E-state index >= 15 is 0 Å². The van der Waals surface area contributed by atoms with Gasteiger partial charge in [0.1, 0.15) is 0 Å². The highest BCUT2D eigenvalue weighted by molar-refractivity contribution is 9.10. The molecule has 1 heterocycles. The van der Waals surface area contributed by atoms with Gasteiger partial charge in [-0.25, -0.2) is 0 Å². The molecule has 0 spiro atoms. The predicted molar refractivity (Wildman–Crippen MR) is 96.0 cm³/mol. The van der Waals surface area contributed by atoms with Gasteiger partial charge in [0.2, 0.25) is 5.91 Å². The first kappa shape index (κ1) is 16.9. The van der Waals surface area contributed by atoms with Crippen molar-refractivity contribution >= 4 is 21.8 Å². The van der Waals surface area contributed by atoms with Gasteiger partial charge in [0, 0.05) is 30.1 Å². The zero-order valence-electron chi connectivity index (χ0n) is 13.6. The molecule has 1 aliphatic heterocycles. The fourth-order valence-electron chi connectivity index (χ4n) is 3.65. The van der Waals surface area contributed by atoms with E-state index in [0.717, 1.165) is 62.6 Å². The van der Waals surface area contributed by atoms with E-state index < -0.39 is 5.54 Å². The molecule has 1 amide bonds. The monoisotopic (exact) mass is 379 g/mol. The first-order valence-corrected chi connectivity index (χ1v) is 9.41. The second-order valence-corrected chi connectivity index (χ2v) is 7.93. The third-order valence-electron chi connectivity index (χ3n) is 5.19. The smallest absolute Gasteiger partial charge is 0.240 e. The van der Waals surface area contributed by atoms with E-state index in [4.69, 9.17) is 5.73 Å². The van der Waals surface area contributed by atoms with Crippen molar-refractivity contribution in [3.05, 3.63) is 34.3 Å². The van der Waals surface area contributed by atoms with Crippen molar-refractivity contribution in [2.24, 2.45) is 5.73 Å². The van der Waals surface area contributed by atoms with E-state index in [1.807, 2.05) is 0 Å². The Bertz CT molecular complexity index is 532. The molecule has 1 saturated carbocycles. The van der Waals surface area contributed by atoms with Crippen LogP contribution in [0.4, 0.5) is 0 Å². The van der Waals surface area contributed by atoms with Crippen molar-refractivity contribution in [1.29, 1.82) is 0 Å². The summed E-state index contributed by atoms with van der Waals surface area (Å²) in [5.41, 5.74) is 6.97. The molecule has 0 unspecified atom stereocenters. The largest absolute Gasteiger partial charge is 0.352 e. The SMILES string of the molecule is NC1(C(=O)NC2CCN(Cc3ccc(Br)cc3)CC2)CCCC1. The Morgan fingerprint density at radius 3 is 2.43 bits per heavy atom. The molecule has 2 fully saturated rings. The van der Waals surface area contributed by atoms with Crippen molar-refractivity contribution < 1.29 is 4.79 Å². The van der Waals surface area contributed by atoms with Crippen LogP contribution in [0.2, 0.25) is 0 Å². The lowest BCUT2D eigenvalue weighted by Crippen LogP contribution is -2.56. The Morgan fingerprint density at radius 1 is 1.22 bits per heavy atom. The van der Waals surface area contributed by atoms with Gasteiger partial charge >= 0.3 is 0 Å². The topological polar surface area (TPSA) is 58.4 Å². The summed E-state index contributed by atoms with van der Waals surface area (Å²) >= 11 is 3.47. The summed E-state index contributed by atoms with van der Waals surface area (Å²) in [5.74, 6) is 0.0707. The highest BCUT2D eigenvalue weighted by Crippen LogP contribution is 2.27. The van der Waals surface area contributed by atoms with Crippen LogP contribution in [-0.4, -0.2) is 35.5 Å². The Morgan fingerprint density at radius 2 is 1.83 bits per heavy atom. The number of benzene rings is 1. The van der Waals surface area contributed by atoms with Crippen LogP contribution in [0.25, 0.3) is 0 Å². The molecule has 23 heavy (non-hydrogen) atoms. The van der Waals surface area contributed by atoms with E-state index in [1.54, 1.807) is 0 Å². The zero-order chi connectivity index (χ0) is 16.3. The number of nitrogens with one attached hydrogen (secondary N) is 1. The number of rotatable bonds is 4. The van der Waals surface area contributed by atoms with Gasteiger partial charge in [0.05, 0.1) is 5.54 Å². The van der Waals surface area contributed by atoms with E-state index in [2.05, 4.69) is 50.4 Å². The van der Waals surface area contributed by atoms with Gasteiger partial charge in [0.25, 0.3) is 0 Å². The summed E-state index contributed by atoms with van der Waals surface area (Å²) in [5, 5.41) is 3.20. The molecule has 3 N–H and O–H groups in total. The van der Waals surface area contributed by atoms with Crippen molar-refractivity contribution in [2.45, 2.75) is 56.7 Å². The fraction of sp³-hybridized carbons (Fsp3) is 0.611. The number of hydrogen-bond donors (Lipinski definition) is 2. The molecule has 3 rings (SSSR count). The molecule has 0 atom stereocenters. The minimum Gasteiger partial charge on any atom is -0.352 e. The lowest BCUT2D eigenvalue weighted by atomic mass is 9.96. The predicted octanol–water partition coefficient (Wildman–Crippen LogP) is 2.80. The van der Waals surface area contributed by atoms with Crippen LogP contribution in [0.15, 0.2) is 28.7 Å². The first-order valence-electron chi connectivity index (χ1n) is 8.62. The van der Waals surface area contributed by atoms with Crippen molar-refractivity contribution in [3.8, 4) is 0 Å². The molecular formula is C18H26BrN3O. The summed E-state index contributed by atoms with van der Waals surface area (Å²) < 4.78 is 1.12. The molecule has 0 aromatic heterocycles. The molecule has 1 aromatic carbocycles. The van der Waals surface area contributed by atoms with Gasteiger partial charge < -0.3 is 11.1 Å². The third kappa shape index (κ3) is 4.34. The highest BCUT2D eigenvalue weighted by atomic mass is 79.9. The minimum absolute atomic E-state index is 0.0707.